The zero-order chi connectivity index (χ0) is 13.9. The van der Waals surface area contributed by atoms with E-state index in [1.54, 1.807) is 0 Å². The Morgan fingerprint density at radius 2 is 1.68 bits per heavy atom. The quantitative estimate of drug-likeness (QED) is 0.619. The Morgan fingerprint density at radius 1 is 1.05 bits per heavy atom. The van der Waals surface area contributed by atoms with Gasteiger partial charge in [-0.15, -0.1) is 5.10 Å². The largest absolute Gasteiger partial charge is 0.323 e. The molecule has 4 heteroatoms. The summed E-state index contributed by atoms with van der Waals surface area (Å²) in [6.07, 6.45) is 13.6. The van der Waals surface area contributed by atoms with Crippen LogP contribution in [0, 0.1) is 0 Å². The highest BCUT2D eigenvalue weighted by Crippen LogP contribution is 2.11. The number of nitrogens with two attached hydrogens (primary N) is 1. The van der Waals surface area contributed by atoms with E-state index >= 15 is 0 Å². The zero-order valence-corrected chi connectivity index (χ0v) is 12.6. The normalized spacial score (nSPS) is 12.8. The van der Waals surface area contributed by atoms with Crippen LogP contribution in [0.5, 0.6) is 0 Å². The topological polar surface area (TPSA) is 56.7 Å². The first-order valence-electron chi connectivity index (χ1n) is 7.93. The minimum atomic E-state index is 0.0346. The summed E-state index contributed by atoms with van der Waals surface area (Å²) in [4.78, 5) is 0. The smallest absolute Gasteiger partial charge is 0.0993 e. The van der Waals surface area contributed by atoms with Gasteiger partial charge in [-0.3, -0.25) is 4.68 Å². The van der Waals surface area contributed by atoms with Gasteiger partial charge in [0.25, 0.3) is 0 Å². The van der Waals surface area contributed by atoms with Crippen LogP contribution < -0.4 is 5.73 Å². The first kappa shape index (κ1) is 16.2. The van der Waals surface area contributed by atoms with Crippen molar-refractivity contribution in [3.8, 4) is 0 Å². The summed E-state index contributed by atoms with van der Waals surface area (Å²) in [6, 6.07) is 0.0346. The molecule has 0 saturated carbocycles. The fraction of sp³-hybridized carbons (Fsp3) is 0.867. The van der Waals surface area contributed by atoms with Gasteiger partial charge in [-0.2, -0.15) is 0 Å². The molecule has 2 N–H and O–H groups in total. The third-order valence-corrected chi connectivity index (χ3v) is 3.62. The molecular formula is C15H30N4. The highest BCUT2D eigenvalue weighted by molar-refractivity contribution is 4.98. The molecule has 110 valence electrons. The number of rotatable bonds is 11. The fourth-order valence-electron chi connectivity index (χ4n) is 2.21. The van der Waals surface area contributed by atoms with Crippen molar-refractivity contribution in [1.29, 1.82) is 0 Å². The van der Waals surface area contributed by atoms with Gasteiger partial charge >= 0.3 is 0 Å². The monoisotopic (exact) mass is 266 g/mol. The summed E-state index contributed by atoms with van der Waals surface area (Å²) in [5, 5.41) is 8.25. The van der Waals surface area contributed by atoms with Gasteiger partial charge in [-0.1, -0.05) is 64.0 Å². The molecule has 1 heterocycles. The number of aryl methyl sites for hydroxylation is 1. The summed E-state index contributed by atoms with van der Waals surface area (Å²) in [5.41, 5.74) is 6.84. The van der Waals surface area contributed by atoms with E-state index in [-0.39, 0.29) is 6.04 Å². The molecule has 19 heavy (non-hydrogen) atoms. The molecule has 0 spiro atoms. The molecule has 0 bridgehead atoms. The van der Waals surface area contributed by atoms with Crippen molar-refractivity contribution in [2.24, 2.45) is 5.73 Å². The zero-order valence-electron chi connectivity index (χ0n) is 12.6. The Labute approximate surface area is 117 Å². The average Bonchev–Trinajstić information content (AvgIpc) is 2.89. The first-order valence-corrected chi connectivity index (χ1v) is 7.93. The van der Waals surface area contributed by atoms with Gasteiger partial charge in [0.15, 0.2) is 0 Å². The molecule has 0 radical (unpaired) electrons. The SMILES string of the molecule is CCCCCCCCCCn1cc(C(N)CC)nn1. The van der Waals surface area contributed by atoms with Crippen molar-refractivity contribution < 1.29 is 0 Å². The molecule has 0 amide bonds. The van der Waals surface area contributed by atoms with Gasteiger partial charge in [0.1, 0.15) is 0 Å². The van der Waals surface area contributed by atoms with Crippen LogP contribution in [0.25, 0.3) is 0 Å². The lowest BCUT2D eigenvalue weighted by molar-refractivity contribution is 0.510. The minimum absolute atomic E-state index is 0.0346. The van der Waals surface area contributed by atoms with E-state index < -0.39 is 0 Å². The van der Waals surface area contributed by atoms with Crippen molar-refractivity contribution in [1.82, 2.24) is 15.0 Å². The van der Waals surface area contributed by atoms with Crippen molar-refractivity contribution >= 4 is 0 Å². The van der Waals surface area contributed by atoms with Crippen LogP contribution in [0.15, 0.2) is 6.20 Å². The molecule has 1 aromatic heterocycles. The van der Waals surface area contributed by atoms with E-state index in [0.717, 1.165) is 18.7 Å². The lowest BCUT2D eigenvalue weighted by atomic mass is 10.1. The van der Waals surface area contributed by atoms with Gasteiger partial charge in [0, 0.05) is 6.54 Å². The number of hydrogen-bond acceptors (Lipinski definition) is 3. The summed E-state index contributed by atoms with van der Waals surface area (Å²) in [5.74, 6) is 0. The molecule has 1 unspecified atom stereocenters. The van der Waals surface area contributed by atoms with Crippen molar-refractivity contribution in [2.75, 3.05) is 0 Å². The van der Waals surface area contributed by atoms with E-state index in [2.05, 4.69) is 24.2 Å². The number of aromatic nitrogens is 3. The number of nitrogens with zero attached hydrogens (tertiary/aromatic N) is 3. The van der Waals surface area contributed by atoms with E-state index in [1.165, 1.54) is 51.4 Å². The average molecular weight is 266 g/mol. The summed E-state index contributed by atoms with van der Waals surface area (Å²) in [6.45, 7) is 5.30. The second-order valence-corrected chi connectivity index (χ2v) is 5.40. The fourth-order valence-corrected chi connectivity index (χ4v) is 2.21. The maximum absolute atomic E-state index is 5.93. The lowest BCUT2D eigenvalue weighted by Gasteiger charge is -2.03. The predicted octanol–water partition coefficient (Wildman–Crippen LogP) is 3.83. The van der Waals surface area contributed by atoms with Crippen LogP contribution in [0.4, 0.5) is 0 Å². The van der Waals surface area contributed by atoms with Crippen LogP contribution in [0.3, 0.4) is 0 Å². The molecule has 0 aromatic carbocycles. The Kier molecular flexibility index (Phi) is 8.47. The standard InChI is InChI=1S/C15H30N4/c1-3-5-6-7-8-9-10-11-12-19-13-15(17-18-19)14(16)4-2/h13-14H,3-12,16H2,1-2H3. The summed E-state index contributed by atoms with van der Waals surface area (Å²) >= 11 is 0. The molecule has 1 atom stereocenters. The van der Waals surface area contributed by atoms with Crippen LogP contribution >= 0.6 is 0 Å². The predicted molar refractivity (Wildman–Crippen MR) is 79.9 cm³/mol. The van der Waals surface area contributed by atoms with Crippen LogP contribution in [0.2, 0.25) is 0 Å². The van der Waals surface area contributed by atoms with Crippen LogP contribution in [-0.4, -0.2) is 15.0 Å². The van der Waals surface area contributed by atoms with Crippen molar-refractivity contribution in [2.45, 2.75) is 84.2 Å². The van der Waals surface area contributed by atoms with Crippen LogP contribution in [-0.2, 0) is 6.54 Å². The highest BCUT2D eigenvalue weighted by atomic mass is 15.4. The van der Waals surface area contributed by atoms with Crippen molar-refractivity contribution in [3.05, 3.63) is 11.9 Å². The molecule has 1 rings (SSSR count). The van der Waals surface area contributed by atoms with Gasteiger partial charge in [-0.05, 0) is 12.8 Å². The van der Waals surface area contributed by atoms with Gasteiger partial charge in [0.2, 0.25) is 0 Å². The Bertz CT molecular complexity index is 322. The highest BCUT2D eigenvalue weighted by Gasteiger charge is 2.07. The molecule has 4 nitrogen and oxygen atoms in total. The van der Waals surface area contributed by atoms with E-state index in [1.807, 2.05) is 10.9 Å². The third-order valence-electron chi connectivity index (χ3n) is 3.62. The summed E-state index contributed by atoms with van der Waals surface area (Å²) in [7, 11) is 0. The molecule has 0 fully saturated rings. The molecule has 1 aromatic rings. The number of hydrogen-bond donors (Lipinski definition) is 1. The third kappa shape index (κ3) is 6.71. The van der Waals surface area contributed by atoms with Crippen molar-refractivity contribution in [3.63, 3.8) is 0 Å². The Hall–Kier alpha value is -0.900. The van der Waals surface area contributed by atoms with Gasteiger partial charge < -0.3 is 5.73 Å². The van der Waals surface area contributed by atoms with Crippen LogP contribution in [0.1, 0.15) is 83.4 Å². The molecular weight excluding hydrogens is 236 g/mol. The second kappa shape index (κ2) is 9.96. The lowest BCUT2D eigenvalue weighted by Crippen LogP contribution is -2.08. The Morgan fingerprint density at radius 3 is 2.32 bits per heavy atom. The van der Waals surface area contributed by atoms with E-state index in [9.17, 15) is 0 Å². The minimum Gasteiger partial charge on any atom is -0.323 e. The van der Waals surface area contributed by atoms with E-state index in [4.69, 9.17) is 5.73 Å². The number of unbranched alkanes of at least 4 members (excludes halogenated alkanes) is 7. The molecule has 0 aliphatic heterocycles. The van der Waals surface area contributed by atoms with Gasteiger partial charge in [-0.25, -0.2) is 0 Å². The maximum Gasteiger partial charge on any atom is 0.0993 e. The summed E-state index contributed by atoms with van der Waals surface area (Å²) < 4.78 is 1.93. The van der Waals surface area contributed by atoms with Gasteiger partial charge in [0.05, 0.1) is 17.9 Å². The second-order valence-electron chi connectivity index (χ2n) is 5.40. The molecule has 0 saturated heterocycles. The Balaban J connectivity index is 2.04. The maximum atomic E-state index is 5.93. The molecule has 0 aliphatic carbocycles. The first-order chi connectivity index (χ1) is 9.27. The molecule has 0 aliphatic rings. The van der Waals surface area contributed by atoms with E-state index in [0.29, 0.717) is 0 Å².